The molecule has 0 saturated carbocycles. The van der Waals surface area contributed by atoms with Crippen LogP contribution in [0.25, 0.3) is 0 Å². The largest absolute Gasteiger partial charge is 0.489 e. The molecule has 0 atom stereocenters. The van der Waals surface area contributed by atoms with Crippen molar-refractivity contribution in [2.75, 3.05) is 0 Å². The van der Waals surface area contributed by atoms with Crippen LogP contribution in [-0.2, 0) is 17.8 Å². The summed E-state index contributed by atoms with van der Waals surface area (Å²) in [6, 6.07) is 12.6. The predicted molar refractivity (Wildman–Crippen MR) is 73.2 cm³/mol. The van der Waals surface area contributed by atoms with E-state index in [1.165, 1.54) is 12.1 Å². The molecule has 0 fully saturated rings. The van der Waals surface area contributed by atoms with Crippen LogP contribution >= 0.6 is 0 Å². The van der Waals surface area contributed by atoms with E-state index in [4.69, 9.17) is 15.1 Å². The predicted octanol–water partition coefficient (Wildman–Crippen LogP) is 2.90. The zero-order valence-electron chi connectivity index (χ0n) is 11.0. The average Bonchev–Trinajstić information content (AvgIpc) is 2.47. The molecular weight excluding hydrogens is 273 g/mol. The summed E-state index contributed by atoms with van der Waals surface area (Å²) in [5, 5.41) is 17.3. The number of nitriles is 1. The van der Waals surface area contributed by atoms with Gasteiger partial charge in [-0.15, -0.1) is 0 Å². The van der Waals surface area contributed by atoms with Crippen molar-refractivity contribution in [3.63, 3.8) is 0 Å². The van der Waals surface area contributed by atoms with Gasteiger partial charge in [0, 0.05) is 5.56 Å². The van der Waals surface area contributed by atoms with E-state index in [9.17, 15) is 9.18 Å². The lowest BCUT2D eigenvalue weighted by molar-refractivity contribution is -0.136. The van der Waals surface area contributed by atoms with Gasteiger partial charge in [-0.2, -0.15) is 5.26 Å². The first-order valence-electron chi connectivity index (χ1n) is 6.20. The van der Waals surface area contributed by atoms with Gasteiger partial charge in [-0.05, 0) is 29.8 Å². The van der Waals surface area contributed by atoms with Gasteiger partial charge in [0.05, 0.1) is 18.1 Å². The average molecular weight is 285 g/mol. The molecule has 0 aliphatic heterocycles. The molecule has 0 aliphatic carbocycles. The van der Waals surface area contributed by atoms with Crippen molar-refractivity contribution in [3.8, 4) is 11.8 Å². The molecule has 5 heteroatoms. The van der Waals surface area contributed by atoms with Crippen molar-refractivity contribution < 1.29 is 19.0 Å². The van der Waals surface area contributed by atoms with Gasteiger partial charge in [-0.3, -0.25) is 4.79 Å². The summed E-state index contributed by atoms with van der Waals surface area (Å²) in [6.45, 7) is 0.0375. The lowest BCUT2D eigenvalue weighted by atomic mass is 10.1. The highest BCUT2D eigenvalue weighted by Gasteiger charge is 2.05. The molecule has 0 aliphatic rings. The summed E-state index contributed by atoms with van der Waals surface area (Å²) in [5.41, 5.74) is 1.28. The zero-order chi connectivity index (χ0) is 15.2. The van der Waals surface area contributed by atoms with E-state index in [2.05, 4.69) is 0 Å². The minimum atomic E-state index is -0.900. The first-order valence-corrected chi connectivity index (χ1v) is 6.20. The molecule has 4 nitrogen and oxygen atoms in total. The molecule has 21 heavy (non-hydrogen) atoms. The van der Waals surface area contributed by atoms with Crippen molar-refractivity contribution >= 4 is 5.97 Å². The maximum Gasteiger partial charge on any atom is 0.307 e. The van der Waals surface area contributed by atoms with Crippen LogP contribution in [0.15, 0.2) is 42.5 Å². The molecule has 0 aromatic heterocycles. The third-order valence-electron chi connectivity index (χ3n) is 2.86. The van der Waals surface area contributed by atoms with Gasteiger partial charge in [-0.25, -0.2) is 4.39 Å². The van der Waals surface area contributed by atoms with E-state index < -0.39 is 11.8 Å². The molecule has 2 aromatic carbocycles. The fraction of sp³-hybridized carbons (Fsp3) is 0.125. The monoisotopic (exact) mass is 285 g/mol. The maximum absolute atomic E-state index is 13.7. The minimum absolute atomic E-state index is 0.0375. The Morgan fingerprint density at radius 1 is 1.24 bits per heavy atom. The molecule has 2 rings (SSSR count). The molecule has 0 amide bonds. The number of carboxylic acid groups (broad SMARTS) is 1. The number of hydrogen-bond acceptors (Lipinski definition) is 3. The maximum atomic E-state index is 13.7. The molecule has 1 N–H and O–H groups in total. The highest BCUT2D eigenvalue weighted by atomic mass is 19.1. The number of benzene rings is 2. The van der Waals surface area contributed by atoms with Crippen LogP contribution < -0.4 is 4.74 Å². The van der Waals surface area contributed by atoms with Crippen molar-refractivity contribution in [2.45, 2.75) is 13.0 Å². The molecular formula is C16H12FNO3. The molecule has 2 aromatic rings. The molecule has 0 unspecified atom stereocenters. The number of ether oxygens (including phenoxy) is 1. The van der Waals surface area contributed by atoms with Crippen molar-refractivity contribution in [2.24, 2.45) is 0 Å². The number of halogens is 1. The quantitative estimate of drug-likeness (QED) is 0.917. The Kier molecular flexibility index (Phi) is 4.52. The number of aliphatic carboxylic acids is 1. The Balaban J connectivity index is 2.00. The highest BCUT2D eigenvalue weighted by molar-refractivity contribution is 5.70. The summed E-state index contributed by atoms with van der Waals surface area (Å²) >= 11 is 0. The van der Waals surface area contributed by atoms with Crippen molar-refractivity contribution in [1.82, 2.24) is 0 Å². The summed E-state index contributed by atoms with van der Waals surface area (Å²) < 4.78 is 19.1. The smallest absolute Gasteiger partial charge is 0.307 e. The van der Waals surface area contributed by atoms with Gasteiger partial charge in [0.25, 0.3) is 0 Å². The van der Waals surface area contributed by atoms with Crippen LogP contribution in [-0.4, -0.2) is 11.1 Å². The van der Waals surface area contributed by atoms with E-state index >= 15 is 0 Å². The van der Waals surface area contributed by atoms with Crippen molar-refractivity contribution in [3.05, 3.63) is 65.0 Å². The minimum Gasteiger partial charge on any atom is -0.489 e. The van der Waals surface area contributed by atoms with E-state index in [0.717, 1.165) is 6.07 Å². The summed E-state index contributed by atoms with van der Waals surface area (Å²) in [6.07, 6.45) is -0.0511. The Labute approximate surface area is 121 Å². The molecule has 0 saturated heterocycles. The van der Waals surface area contributed by atoms with Gasteiger partial charge >= 0.3 is 5.97 Å². The third-order valence-corrected chi connectivity index (χ3v) is 2.86. The third kappa shape index (κ3) is 4.05. The van der Waals surface area contributed by atoms with E-state index in [1.807, 2.05) is 6.07 Å². The van der Waals surface area contributed by atoms with Crippen LogP contribution in [0, 0.1) is 17.1 Å². The Bertz CT molecular complexity index is 690. The first kappa shape index (κ1) is 14.5. The van der Waals surface area contributed by atoms with Gasteiger partial charge in [0.2, 0.25) is 0 Å². The van der Waals surface area contributed by atoms with Crippen LogP contribution in [0.3, 0.4) is 0 Å². The lowest BCUT2D eigenvalue weighted by Crippen LogP contribution is -2.01. The molecule has 0 radical (unpaired) electrons. The number of nitrogens with zero attached hydrogens (tertiary/aromatic N) is 1. The lowest BCUT2D eigenvalue weighted by Gasteiger charge is -2.08. The fourth-order valence-electron chi connectivity index (χ4n) is 1.77. The first-order chi connectivity index (χ1) is 10.1. The second-order valence-corrected chi connectivity index (χ2v) is 4.42. The van der Waals surface area contributed by atoms with Crippen LogP contribution in [0.4, 0.5) is 4.39 Å². The van der Waals surface area contributed by atoms with Gasteiger partial charge in [0.15, 0.2) is 0 Å². The van der Waals surface area contributed by atoms with Gasteiger partial charge < -0.3 is 9.84 Å². The second-order valence-electron chi connectivity index (χ2n) is 4.42. The standard InChI is InChI=1S/C16H12FNO3/c17-15-7-12(9-18)1-4-13(15)10-21-14-5-2-11(3-6-14)8-16(19)20/h1-7H,8,10H2,(H,19,20). The highest BCUT2D eigenvalue weighted by Crippen LogP contribution is 2.16. The van der Waals surface area contributed by atoms with E-state index in [0.29, 0.717) is 16.9 Å². The Morgan fingerprint density at radius 2 is 1.95 bits per heavy atom. The molecule has 0 heterocycles. The number of rotatable bonds is 5. The summed E-state index contributed by atoms with van der Waals surface area (Å²) in [7, 11) is 0. The van der Waals surface area contributed by atoms with E-state index in [-0.39, 0.29) is 18.6 Å². The van der Waals surface area contributed by atoms with Crippen LogP contribution in [0.1, 0.15) is 16.7 Å². The summed E-state index contributed by atoms with van der Waals surface area (Å²) in [5.74, 6) is -0.868. The van der Waals surface area contributed by atoms with Gasteiger partial charge in [0.1, 0.15) is 18.2 Å². The number of carbonyl (C=O) groups is 1. The van der Waals surface area contributed by atoms with Crippen LogP contribution in [0.2, 0.25) is 0 Å². The SMILES string of the molecule is N#Cc1ccc(COc2ccc(CC(=O)O)cc2)c(F)c1. The van der Waals surface area contributed by atoms with Crippen LogP contribution in [0.5, 0.6) is 5.75 Å². The van der Waals surface area contributed by atoms with Gasteiger partial charge in [-0.1, -0.05) is 18.2 Å². The second kappa shape index (κ2) is 6.53. The molecule has 0 spiro atoms. The normalized spacial score (nSPS) is 9.90. The molecule has 0 bridgehead atoms. The van der Waals surface area contributed by atoms with Crippen molar-refractivity contribution in [1.29, 1.82) is 5.26 Å². The number of hydrogen-bond donors (Lipinski definition) is 1. The zero-order valence-corrected chi connectivity index (χ0v) is 11.0. The number of carboxylic acids is 1. The Hall–Kier alpha value is -2.87. The fourth-order valence-corrected chi connectivity index (χ4v) is 1.77. The summed E-state index contributed by atoms with van der Waals surface area (Å²) in [4.78, 5) is 10.6. The topological polar surface area (TPSA) is 70.3 Å². The van der Waals surface area contributed by atoms with E-state index in [1.54, 1.807) is 24.3 Å². The Morgan fingerprint density at radius 3 is 2.52 bits per heavy atom. The molecule has 106 valence electrons.